The molecule has 2 aromatic rings. The van der Waals surface area contributed by atoms with E-state index in [-0.39, 0.29) is 30.8 Å². The number of carbonyl (C=O) groups is 3. The van der Waals surface area contributed by atoms with Crippen molar-refractivity contribution < 1.29 is 19.1 Å². The van der Waals surface area contributed by atoms with Gasteiger partial charge in [-0.15, -0.1) is 0 Å². The topological polar surface area (TPSA) is 75.7 Å². The van der Waals surface area contributed by atoms with Gasteiger partial charge in [0.25, 0.3) is 5.91 Å². The SMILES string of the molecule is O=C(CN1C(=O)Cc2ccccc2C1=O)N[C@@H]1CCOc2ccccc21. The Bertz CT molecular complexity index is 893. The number of ether oxygens (including phenoxy) is 1. The summed E-state index contributed by atoms with van der Waals surface area (Å²) in [7, 11) is 0. The van der Waals surface area contributed by atoms with E-state index >= 15 is 0 Å². The lowest BCUT2D eigenvalue weighted by molar-refractivity contribution is -0.133. The van der Waals surface area contributed by atoms with Gasteiger partial charge in [-0.25, -0.2) is 0 Å². The molecule has 4 rings (SSSR count). The second-order valence-electron chi connectivity index (χ2n) is 6.41. The van der Waals surface area contributed by atoms with Crippen molar-refractivity contribution in [2.45, 2.75) is 18.9 Å². The van der Waals surface area contributed by atoms with Gasteiger partial charge in [-0.3, -0.25) is 19.3 Å². The normalized spacial score (nSPS) is 18.6. The molecule has 1 N–H and O–H groups in total. The van der Waals surface area contributed by atoms with Crippen LogP contribution in [-0.4, -0.2) is 35.8 Å². The number of fused-ring (bicyclic) bond motifs is 2. The van der Waals surface area contributed by atoms with Crippen LogP contribution >= 0.6 is 0 Å². The molecule has 0 aliphatic carbocycles. The average molecular weight is 350 g/mol. The first kappa shape index (κ1) is 16.3. The molecule has 2 aliphatic rings. The predicted octanol–water partition coefficient (Wildman–Crippen LogP) is 1.85. The van der Waals surface area contributed by atoms with E-state index in [1.165, 1.54) is 0 Å². The molecule has 0 radical (unpaired) electrons. The van der Waals surface area contributed by atoms with Crippen LogP contribution in [0.4, 0.5) is 0 Å². The largest absolute Gasteiger partial charge is 0.493 e. The minimum atomic E-state index is -0.417. The molecule has 2 aromatic carbocycles. The number of nitrogens with zero attached hydrogens (tertiary/aromatic N) is 1. The van der Waals surface area contributed by atoms with E-state index in [1.54, 1.807) is 24.3 Å². The zero-order chi connectivity index (χ0) is 18.1. The molecule has 0 fully saturated rings. The maximum atomic E-state index is 12.6. The summed E-state index contributed by atoms with van der Waals surface area (Å²) in [6.07, 6.45) is 0.781. The van der Waals surface area contributed by atoms with Crippen LogP contribution in [0.5, 0.6) is 5.75 Å². The summed E-state index contributed by atoms with van der Waals surface area (Å²) < 4.78 is 5.59. The monoisotopic (exact) mass is 350 g/mol. The lowest BCUT2D eigenvalue weighted by atomic mass is 9.98. The van der Waals surface area contributed by atoms with Crippen molar-refractivity contribution >= 4 is 17.7 Å². The van der Waals surface area contributed by atoms with Crippen molar-refractivity contribution in [1.82, 2.24) is 10.2 Å². The lowest BCUT2D eigenvalue weighted by Gasteiger charge is -2.29. The maximum Gasteiger partial charge on any atom is 0.261 e. The fourth-order valence-corrected chi connectivity index (χ4v) is 3.44. The zero-order valence-corrected chi connectivity index (χ0v) is 14.1. The second kappa shape index (κ2) is 6.63. The van der Waals surface area contributed by atoms with E-state index in [0.717, 1.165) is 16.2 Å². The Morgan fingerprint density at radius 1 is 1.12 bits per heavy atom. The molecule has 0 spiro atoms. The molecule has 2 heterocycles. The molecule has 132 valence electrons. The van der Waals surface area contributed by atoms with E-state index in [9.17, 15) is 14.4 Å². The van der Waals surface area contributed by atoms with E-state index in [0.29, 0.717) is 24.2 Å². The van der Waals surface area contributed by atoms with E-state index in [1.807, 2.05) is 24.3 Å². The second-order valence-corrected chi connectivity index (χ2v) is 6.41. The van der Waals surface area contributed by atoms with Gasteiger partial charge in [-0.1, -0.05) is 36.4 Å². The number of benzene rings is 2. The predicted molar refractivity (Wildman–Crippen MR) is 93.6 cm³/mol. The molecule has 0 saturated heterocycles. The van der Waals surface area contributed by atoms with Crippen LogP contribution in [0.1, 0.15) is 33.9 Å². The van der Waals surface area contributed by atoms with E-state index < -0.39 is 5.91 Å². The first-order chi connectivity index (χ1) is 12.6. The molecule has 26 heavy (non-hydrogen) atoms. The van der Waals surface area contributed by atoms with Gasteiger partial charge in [-0.2, -0.15) is 0 Å². The number of hydrogen-bond donors (Lipinski definition) is 1. The number of nitrogens with one attached hydrogen (secondary N) is 1. The highest BCUT2D eigenvalue weighted by Crippen LogP contribution is 2.31. The average Bonchev–Trinajstić information content (AvgIpc) is 2.65. The van der Waals surface area contributed by atoms with E-state index in [2.05, 4.69) is 5.32 Å². The highest BCUT2D eigenvalue weighted by atomic mass is 16.5. The molecular weight excluding hydrogens is 332 g/mol. The van der Waals surface area contributed by atoms with E-state index in [4.69, 9.17) is 4.74 Å². The smallest absolute Gasteiger partial charge is 0.261 e. The molecular formula is C20H18N2O4. The fourth-order valence-electron chi connectivity index (χ4n) is 3.44. The number of rotatable bonds is 3. The Morgan fingerprint density at radius 2 is 1.88 bits per heavy atom. The molecule has 3 amide bonds. The molecule has 0 bridgehead atoms. The van der Waals surface area contributed by atoms with Crippen LogP contribution in [0, 0.1) is 0 Å². The van der Waals surface area contributed by atoms with Crippen molar-refractivity contribution in [2.75, 3.05) is 13.2 Å². The van der Waals surface area contributed by atoms with Crippen molar-refractivity contribution in [3.8, 4) is 5.75 Å². The van der Waals surface area contributed by atoms with Gasteiger partial charge < -0.3 is 10.1 Å². The van der Waals surface area contributed by atoms with Gasteiger partial charge in [0, 0.05) is 17.5 Å². The Kier molecular flexibility index (Phi) is 4.16. The standard InChI is InChI=1S/C20H18N2O4/c23-18(21-16-9-10-26-17-8-4-3-7-15(16)17)12-22-19(24)11-13-5-1-2-6-14(13)20(22)25/h1-8,16H,9-12H2,(H,21,23)/t16-/m1/s1. The molecule has 1 atom stereocenters. The number of imide groups is 1. The minimum absolute atomic E-state index is 0.134. The summed E-state index contributed by atoms with van der Waals surface area (Å²) in [6.45, 7) is 0.239. The van der Waals surface area contributed by atoms with Crippen LogP contribution in [-0.2, 0) is 16.0 Å². The van der Waals surface area contributed by atoms with Gasteiger partial charge in [0.1, 0.15) is 12.3 Å². The summed E-state index contributed by atoms with van der Waals surface area (Å²) in [5, 5.41) is 2.92. The number of para-hydroxylation sites is 1. The van der Waals surface area contributed by atoms with Gasteiger partial charge >= 0.3 is 0 Å². The quantitative estimate of drug-likeness (QED) is 0.857. The first-order valence-electron chi connectivity index (χ1n) is 8.57. The number of amides is 3. The summed E-state index contributed by atoms with van der Waals surface area (Å²) in [5.41, 5.74) is 2.10. The van der Waals surface area contributed by atoms with Crippen LogP contribution in [0.15, 0.2) is 48.5 Å². The third-order valence-electron chi connectivity index (χ3n) is 4.73. The van der Waals surface area contributed by atoms with Gasteiger partial charge in [0.05, 0.1) is 19.1 Å². The molecule has 6 nitrogen and oxygen atoms in total. The fraction of sp³-hybridized carbons (Fsp3) is 0.250. The third kappa shape index (κ3) is 2.94. The van der Waals surface area contributed by atoms with Gasteiger partial charge in [0.2, 0.25) is 11.8 Å². The molecule has 0 saturated carbocycles. The molecule has 0 unspecified atom stereocenters. The van der Waals surface area contributed by atoms with Crippen LogP contribution in [0.2, 0.25) is 0 Å². The first-order valence-corrected chi connectivity index (χ1v) is 8.57. The Balaban J connectivity index is 1.48. The van der Waals surface area contributed by atoms with Crippen LogP contribution < -0.4 is 10.1 Å². The highest BCUT2D eigenvalue weighted by molar-refractivity contribution is 6.11. The number of hydrogen-bond acceptors (Lipinski definition) is 4. The zero-order valence-electron chi connectivity index (χ0n) is 14.1. The number of carbonyl (C=O) groups excluding carboxylic acids is 3. The van der Waals surface area contributed by atoms with Gasteiger partial charge in [0.15, 0.2) is 0 Å². The lowest BCUT2D eigenvalue weighted by Crippen LogP contribution is -2.48. The van der Waals surface area contributed by atoms with Crippen molar-refractivity contribution in [3.63, 3.8) is 0 Å². The Labute approximate surface area is 150 Å². The van der Waals surface area contributed by atoms with Crippen molar-refractivity contribution in [2.24, 2.45) is 0 Å². The van der Waals surface area contributed by atoms with Crippen LogP contribution in [0.3, 0.4) is 0 Å². The minimum Gasteiger partial charge on any atom is -0.493 e. The Hall–Kier alpha value is -3.15. The molecule has 2 aliphatic heterocycles. The molecule has 0 aromatic heterocycles. The van der Waals surface area contributed by atoms with Crippen LogP contribution in [0.25, 0.3) is 0 Å². The van der Waals surface area contributed by atoms with Gasteiger partial charge in [-0.05, 0) is 17.7 Å². The third-order valence-corrected chi connectivity index (χ3v) is 4.73. The molecule has 6 heteroatoms. The summed E-state index contributed by atoms with van der Waals surface area (Å²) in [5.74, 6) is -0.369. The van der Waals surface area contributed by atoms with Crippen molar-refractivity contribution in [1.29, 1.82) is 0 Å². The summed E-state index contributed by atoms with van der Waals surface area (Å²) in [6, 6.07) is 14.4. The maximum absolute atomic E-state index is 12.6. The Morgan fingerprint density at radius 3 is 2.77 bits per heavy atom. The highest BCUT2D eigenvalue weighted by Gasteiger charge is 2.32. The summed E-state index contributed by atoms with van der Waals surface area (Å²) >= 11 is 0. The van der Waals surface area contributed by atoms with Crippen molar-refractivity contribution in [3.05, 3.63) is 65.2 Å². The summed E-state index contributed by atoms with van der Waals surface area (Å²) in [4.78, 5) is 38.4.